The van der Waals surface area contributed by atoms with Crippen LogP contribution in [0.5, 0.6) is 5.75 Å². The van der Waals surface area contributed by atoms with E-state index in [0.29, 0.717) is 35.2 Å². The van der Waals surface area contributed by atoms with E-state index in [1.165, 1.54) is 29.5 Å². The Morgan fingerprint density at radius 1 is 1.23 bits per heavy atom. The minimum absolute atomic E-state index is 0.275. The molecule has 3 heterocycles. The van der Waals surface area contributed by atoms with E-state index < -0.39 is 12.0 Å². The number of likely N-dealkylation sites (tertiary alicyclic amines) is 1. The Balaban J connectivity index is 1.40. The van der Waals surface area contributed by atoms with Gasteiger partial charge in [0.25, 0.3) is 0 Å². The average molecular weight is 512 g/mol. The standard InChI is InChI=1S/C23H28F3N5O3S/c1-22(2,3)34-21(32)30-10-8-15(9-11-30)14-29(4)20-28-31-18(13-27-19(31)35-20)16-6-5-7-17(12-16)33-23(24,25)26/h5-7,12-13,15H,8-11,14H2,1-4H3. The number of imidazole rings is 1. The van der Waals surface area contributed by atoms with Crippen LogP contribution in [0.1, 0.15) is 33.6 Å². The molecule has 0 saturated carbocycles. The second-order valence-electron chi connectivity index (χ2n) is 9.59. The summed E-state index contributed by atoms with van der Waals surface area (Å²) in [6.07, 6.45) is -1.72. The lowest BCUT2D eigenvalue weighted by molar-refractivity contribution is -0.274. The molecule has 8 nitrogen and oxygen atoms in total. The zero-order valence-corrected chi connectivity index (χ0v) is 20.8. The predicted molar refractivity (Wildman–Crippen MR) is 127 cm³/mol. The van der Waals surface area contributed by atoms with Gasteiger partial charge in [0.05, 0.1) is 11.9 Å². The summed E-state index contributed by atoms with van der Waals surface area (Å²) in [5, 5.41) is 5.41. The third-order valence-electron chi connectivity index (χ3n) is 5.56. The number of anilines is 1. The van der Waals surface area contributed by atoms with E-state index in [1.807, 2.05) is 27.8 Å². The largest absolute Gasteiger partial charge is 0.573 e. The van der Waals surface area contributed by atoms with Crippen molar-refractivity contribution in [2.45, 2.75) is 45.6 Å². The van der Waals surface area contributed by atoms with Gasteiger partial charge in [0.2, 0.25) is 10.1 Å². The second kappa shape index (κ2) is 9.56. The van der Waals surface area contributed by atoms with Gasteiger partial charge in [0, 0.05) is 32.2 Å². The lowest BCUT2D eigenvalue weighted by Crippen LogP contribution is -2.43. The molecule has 190 valence electrons. The van der Waals surface area contributed by atoms with Gasteiger partial charge in [0.15, 0.2) is 0 Å². The molecule has 0 bridgehead atoms. The molecule has 1 aliphatic heterocycles. The molecule has 0 radical (unpaired) electrons. The summed E-state index contributed by atoms with van der Waals surface area (Å²) in [4.78, 5) is 21.1. The highest BCUT2D eigenvalue weighted by atomic mass is 32.1. The number of aromatic nitrogens is 3. The van der Waals surface area contributed by atoms with E-state index in [0.717, 1.165) is 24.5 Å². The van der Waals surface area contributed by atoms with E-state index in [1.54, 1.807) is 21.7 Å². The lowest BCUT2D eigenvalue weighted by atomic mass is 9.97. The number of carbonyl (C=O) groups excluding carboxylic acids is 1. The molecule has 0 unspecified atom stereocenters. The number of carbonyl (C=O) groups is 1. The van der Waals surface area contributed by atoms with Crippen molar-refractivity contribution in [3.05, 3.63) is 30.5 Å². The Bertz CT molecular complexity index is 1180. The van der Waals surface area contributed by atoms with E-state index >= 15 is 0 Å². The van der Waals surface area contributed by atoms with Crippen LogP contribution in [0.4, 0.5) is 23.1 Å². The number of hydrogen-bond donors (Lipinski definition) is 0. The molecule has 4 rings (SSSR count). The van der Waals surface area contributed by atoms with Crippen molar-refractivity contribution in [1.29, 1.82) is 0 Å². The summed E-state index contributed by atoms with van der Waals surface area (Å²) < 4.78 is 48.9. The van der Waals surface area contributed by atoms with Gasteiger partial charge in [-0.05, 0) is 51.7 Å². The highest BCUT2D eigenvalue weighted by Gasteiger charge is 2.31. The molecule has 0 spiro atoms. The zero-order chi connectivity index (χ0) is 25.4. The van der Waals surface area contributed by atoms with Crippen LogP contribution in [0.3, 0.4) is 0 Å². The van der Waals surface area contributed by atoms with Crippen molar-refractivity contribution in [3.8, 4) is 17.0 Å². The van der Waals surface area contributed by atoms with Crippen LogP contribution in [-0.2, 0) is 4.74 Å². The topological polar surface area (TPSA) is 72.2 Å². The Morgan fingerprint density at radius 2 is 1.94 bits per heavy atom. The molecule has 1 aromatic carbocycles. The number of nitrogens with zero attached hydrogens (tertiary/aromatic N) is 5. The van der Waals surface area contributed by atoms with Gasteiger partial charge in [0.1, 0.15) is 11.4 Å². The molecular weight excluding hydrogens is 483 g/mol. The van der Waals surface area contributed by atoms with Crippen LogP contribution in [-0.4, -0.2) is 64.2 Å². The molecular formula is C23H28F3N5O3S. The highest BCUT2D eigenvalue weighted by molar-refractivity contribution is 7.20. The molecule has 35 heavy (non-hydrogen) atoms. The number of fused-ring (bicyclic) bond motifs is 1. The maximum atomic E-state index is 12.6. The normalized spacial score (nSPS) is 15.5. The average Bonchev–Trinajstić information content (AvgIpc) is 3.33. The van der Waals surface area contributed by atoms with Crippen molar-refractivity contribution in [1.82, 2.24) is 19.5 Å². The van der Waals surface area contributed by atoms with Crippen molar-refractivity contribution >= 4 is 27.5 Å². The number of ether oxygens (including phenoxy) is 2. The quantitative estimate of drug-likeness (QED) is 0.454. The van der Waals surface area contributed by atoms with Crippen molar-refractivity contribution in [3.63, 3.8) is 0 Å². The fraction of sp³-hybridized carbons (Fsp3) is 0.522. The van der Waals surface area contributed by atoms with Crippen LogP contribution >= 0.6 is 11.3 Å². The SMILES string of the molecule is CN(CC1CCN(C(=O)OC(C)(C)C)CC1)c1nn2c(-c3cccc(OC(F)(F)F)c3)cnc2s1. The van der Waals surface area contributed by atoms with Gasteiger partial charge in [-0.1, -0.05) is 23.5 Å². The summed E-state index contributed by atoms with van der Waals surface area (Å²) >= 11 is 1.41. The van der Waals surface area contributed by atoms with Gasteiger partial charge >= 0.3 is 12.5 Å². The Morgan fingerprint density at radius 3 is 2.60 bits per heavy atom. The first-order valence-electron chi connectivity index (χ1n) is 11.3. The van der Waals surface area contributed by atoms with Gasteiger partial charge in [-0.3, -0.25) is 0 Å². The maximum Gasteiger partial charge on any atom is 0.573 e. The number of benzene rings is 1. The summed E-state index contributed by atoms with van der Waals surface area (Å²) in [7, 11) is 1.95. The van der Waals surface area contributed by atoms with Gasteiger partial charge in [-0.25, -0.2) is 14.3 Å². The number of hydrogen-bond acceptors (Lipinski definition) is 7. The maximum absolute atomic E-state index is 12.6. The minimum Gasteiger partial charge on any atom is -0.444 e. The molecule has 1 saturated heterocycles. The Hall–Kier alpha value is -3.02. The van der Waals surface area contributed by atoms with Crippen LogP contribution in [0.15, 0.2) is 30.5 Å². The van der Waals surface area contributed by atoms with E-state index in [9.17, 15) is 18.0 Å². The number of amides is 1. The Kier molecular flexibility index (Phi) is 6.85. The van der Waals surface area contributed by atoms with Crippen LogP contribution < -0.4 is 9.64 Å². The van der Waals surface area contributed by atoms with Crippen LogP contribution in [0, 0.1) is 5.92 Å². The third-order valence-corrected chi connectivity index (χ3v) is 6.60. The highest BCUT2D eigenvalue weighted by Crippen LogP contribution is 2.32. The number of rotatable bonds is 5. The fourth-order valence-electron chi connectivity index (χ4n) is 3.98. The molecule has 12 heteroatoms. The van der Waals surface area contributed by atoms with Crippen molar-refractivity contribution in [2.24, 2.45) is 5.92 Å². The van der Waals surface area contributed by atoms with Gasteiger partial charge < -0.3 is 19.3 Å². The first-order chi connectivity index (χ1) is 16.4. The first-order valence-corrected chi connectivity index (χ1v) is 12.1. The fourth-order valence-corrected chi connectivity index (χ4v) is 4.82. The molecule has 0 aliphatic carbocycles. The molecule has 3 aromatic rings. The molecule has 0 atom stereocenters. The van der Waals surface area contributed by atoms with Crippen LogP contribution in [0.2, 0.25) is 0 Å². The molecule has 1 fully saturated rings. The van der Waals surface area contributed by atoms with E-state index in [4.69, 9.17) is 4.74 Å². The molecule has 1 aliphatic rings. The first kappa shape index (κ1) is 25.1. The summed E-state index contributed by atoms with van der Waals surface area (Å²) in [6.45, 7) is 7.63. The van der Waals surface area contributed by atoms with E-state index in [2.05, 4.69) is 19.7 Å². The third kappa shape index (κ3) is 6.36. The van der Waals surface area contributed by atoms with E-state index in [-0.39, 0.29) is 11.8 Å². The summed E-state index contributed by atoms with van der Waals surface area (Å²) in [6, 6.07) is 5.76. The van der Waals surface area contributed by atoms with Gasteiger partial charge in [-0.2, -0.15) is 0 Å². The summed E-state index contributed by atoms with van der Waals surface area (Å²) in [5.74, 6) is 0.0980. The second-order valence-corrected chi connectivity index (χ2v) is 10.5. The molecule has 1 amide bonds. The monoisotopic (exact) mass is 511 g/mol. The van der Waals surface area contributed by atoms with Crippen molar-refractivity contribution in [2.75, 3.05) is 31.6 Å². The Labute approximate surface area is 205 Å². The lowest BCUT2D eigenvalue weighted by Gasteiger charge is -2.34. The molecule has 2 aromatic heterocycles. The van der Waals surface area contributed by atoms with Gasteiger partial charge in [-0.15, -0.1) is 18.3 Å². The minimum atomic E-state index is -4.76. The smallest absolute Gasteiger partial charge is 0.444 e. The number of alkyl halides is 3. The number of piperidine rings is 1. The summed E-state index contributed by atoms with van der Waals surface area (Å²) in [5.41, 5.74) is 0.588. The van der Waals surface area contributed by atoms with Crippen molar-refractivity contribution < 1.29 is 27.4 Å². The number of halogens is 3. The zero-order valence-electron chi connectivity index (χ0n) is 20.0. The molecule has 0 N–H and O–H groups in total. The predicted octanol–water partition coefficient (Wildman–Crippen LogP) is 5.44. The van der Waals surface area contributed by atoms with Crippen LogP contribution in [0.25, 0.3) is 16.2 Å².